The van der Waals surface area contributed by atoms with Crippen LogP contribution >= 0.6 is 11.6 Å². The summed E-state index contributed by atoms with van der Waals surface area (Å²) in [5, 5.41) is 2.94. The first-order valence-corrected chi connectivity index (χ1v) is 7.39. The molecule has 1 amide bonds. The Balaban J connectivity index is 1.93. The molecule has 0 saturated carbocycles. The van der Waals surface area contributed by atoms with Crippen LogP contribution in [0.4, 0.5) is 5.69 Å². The number of anilines is 1. The summed E-state index contributed by atoms with van der Waals surface area (Å²) in [4.78, 5) is 15.7. The molecule has 2 aromatic rings. The topological polar surface area (TPSA) is 51.2 Å². The lowest BCUT2D eigenvalue weighted by Crippen LogP contribution is -2.08. The van der Waals surface area contributed by atoms with Crippen LogP contribution in [0.25, 0.3) is 6.08 Å². The lowest BCUT2D eigenvalue weighted by atomic mass is 10.2. The van der Waals surface area contributed by atoms with Crippen molar-refractivity contribution in [2.75, 3.05) is 11.9 Å². The first-order chi connectivity index (χ1) is 10.7. The number of aromatic nitrogens is 1. The van der Waals surface area contributed by atoms with Gasteiger partial charge in [0, 0.05) is 12.3 Å². The van der Waals surface area contributed by atoms with Crippen molar-refractivity contribution in [1.82, 2.24) is 4.98 Å². The Hall–Kier alpha value is -2.33. The predicted molar refractivity (Wildman–Crippen MR) is 89.1 cm³/mol. The number of nitrogens with one attached hydrogen (secondary N) is 1. The van der Waals surface area contributed by atoms with Gasteiger partial charge in [0.2, 0.25) is 5.91 Å². The highest BCUT2D eigenvalue weighted by molar-refractivity contribution is 6.32. The van der Waals surface area contributed by atoms with Gasteiger partial charge >= 0.3 is 0 Å². The van der Waals surface area contributed by atoms with E-state index in [1.165, 1.54) is 6.08 Å². The fourth-order valence-electron chi connectivity index (χ4n) is 1.72. The molecule has 0 unspecified atom stereocenters. The number of carbonyl (C=O) groups is 1. The number of hydrogen-bond acceptors (Lipinski definition) is 3. The minimum Gasteiger partial charge on any atom is -0.494 e. The van der Waals surface area contributed by atoms with Gasteiger partial charge in [-0.2, -0.15) is 0 Å². The van der Waals surface area contributed by atoms with Crippen LogP contribution < -0.4 is 10.1 Å². The lowest BCUT2D eigenvalue weighted by molar-refractivity contribution is -0.111. The molecule has 5 heteroatoms. The Bertz CT molecular complexity index is 654. The van der Waals surface area contributed by atoms with Crippen molar-refractivity contribution in [2.24, 2.45) is 0 Å². The second-order valence-electron chi connectivity index (χ2n) is 4.58. The number of nitrogens with zero attached hydrogens (tertiary/aromatic N) is 1. The summed E-state index contributed by atoms with van der Waals surface area (Å²) in [7, 11) is 0. The van der Waals surface area contributed by atoms with E-state index in [0.29, 0.717) is 12.3 Å². The Morgan fingerprint density at radius 3 is 2.77 bits per heavy atom. The monoisotopic (exact) mass is 316 g/mol. The summed E-state index contributed by atoms with van der Waals surface area (Å²) in [5.41, 5.74) is 1.40. The maximum atomic E-state index is 11.8. The fourth-order valence-corrected chi connectivity index (χ4v) is 1.89. The number of amides is 1. The quantitative estimate of drug-likeness (QED) is 0.642. The van der Waals surface area contributed by atoms with Crippen LogP contribution in [0.2, 0.25) is 5.15 Å². The fraction of sp³-hybridized carbons (Fsp3) is 0.176. The van der Waals surface area contributed by atoms with Gasteiger partial charge in [-0.15, -0.1) is 0 Å². The summed E-state index contributed by atoms with van der Waals surface area (Å²) in [6.45, 7) is 2.76. The van der Waals surface area contributed by atoms with Crippen LogP contribution in [0.15, 0.2) is 48.7 Å². The second-order valence-corrected chi connectivity index (χ2v) is 4.94. The molecule has 22 heavy (non-hydrogen) atoms. The van der Waals surface area contributed by atoms with E-state index in [-0.39, 0.29) is 11.1 Å². The van der Waals surface area contributed by atoms with Gasteiger partial charge in [0.25, 0.3) is 0 Å². The number of benzene rings is 1. The van der Waals surface area contributed by atoms with E-state index in [0.717, 1.165) is 17.7 Å². The van der Waals surface area contributed by atoms with Gasteiger partial charge in [-0.1, -0.05) is 30.7 Å². The highest BCUT2D eigenvalue weighted by Gasteiger charge is 2.02. The van der Waals surface area contributed by atoms with Crippen molar-refractivity contribution < 1.29 is 9.53 Å². The highest BCUT2D eigenvalue weighted by atomic mass is 35.5. The molecule has 0 spiro atoms. The van der Waals surface area contributed by atoms with Gasteiger partial charge in [-0.3, -0.25) is 4.79 Å². The predicted octanol–water partition coefficient (Wildman–Crippen LogP) is 4.18. The SMILES string of the molecule is CCCOc1ccc(/C=C/C(=O)Nc2cccnc2Cl)cc1. The third kappa shape index (κ3) is 4.90. The summed E-state index contributed by atoms with van der Waals surface area (Å²) in [6.07, 6.45) is 5.71. The zero-order valence-corrected chi connectivity index (χ0v) is 13.0. The smallest absolute Gasteiger partial charge is 0.248 e. The third-order valence-corrected chi connectivity index (χ3v) is 3.10. The van der Waals surface area contributed by atoms with Crippen LogP contribution in [-0.2, 0) is 4.79 Å². The molecule has 1 heterocycles. The van der Waals surface area contributed by atoms with Crippen molar-refractivity contribution in [3.8, 4) is 5.75 Å². The molecule has 4 nitrogen and oxygen atoms in total. The molecule has 0 atom stereocenters. The first-order valence-electron chi connectivity index (χ1n) is 7.01. The van der Waals surface area contributed by atoms with E-state index in [9.17, 15) is 4.79 Å². The van der Waals surface area contributed by atoms with Crippen molar-refractivity contribution in [3.63, 3.8) is 0 Å². The minimum atomic E-state index is -0.263. The van der Waals surface area contributed by atoms with Gasteiger partial charge in [-0.05, 0) is 42.3 Å². The molecular weight excluding hydrogens is 300 g/mol. The number of rotatable bonds is 6. The van der Waals surface area contributed by atoms with Crippen molar-refractivity contribution in [1.29, 1.82) is 0 Å². The standard InChI is InChI=1S/C17H17ClN2O2/c1-2-12-22-14-8-5-13(6-9-14)7-10-16(21)20-15-4-3-11-19-17(15)18/h3-11H,2,12H2,1H3,(H,20,21)/b10-7+. The van der Waals surface area contributed by atoms with Gasteiger partial charge in [0.15, 0.2) is 5.15 Å². The maximum absolute atomic E-state index is 11.8. The van der Waals surface area contributed by atoms with E-state index >= 15 is 0 Å². The number of hydrogen-bond donors (Lipinski definition) is 1. The highest BCUT2D eigenvalue weighted by Crippen LogP contribution is 2.17. The van der Waals surface area contributed by atoms with Crippen molar-refractivity contribution in [2.45, 2.75) is 13.3 Å². The normalized spacial score (nSPS) is 10.6. The molecule has 0 saturated heterocycles. The largest absolute Gasteiger partial charge is 0.494 e. The molecule has 1 N–H and O–H groups in total. The van der Waals surface area contributed by atoms with Crippen LogP contribution in [0.3, 0.4) is 0 Å². The van der Waals surface area contributed by atoms with Gasteiger partial charge in [-0.25, -0.2) is 4.98 Å². The molecule has 0 fully saturated rings. The van der Waals surface area contributed by atoms with E-state index in [1.807, 2.05) is 24.3 Å². The van der Waals surface area contributed by atoms with Crippen LogP contribution in [-0.4, -0.2) is 17.5 Å². The maximum Gasteiger partial charge on any atom is 0.248 e. The Morgan fingerprint density at radius 1 is 1.32 bits per heavy atom. The second kappa shape index (κ2) is 8.20. The molecule has 1 aromatic heterocycles. The van der Waals surface area contributed by atoms with E-state index in [1.54, 1.807) is 24.4 Å². The van der Waals surface area contributed by atoms with Crippen LogP contribution in [0.5, 0.6) is 5.75 Å². The average molecular weight is 317 g/mol. The summed E-state index contributed by atoms with van der Waals surface area (Å²) in [6, 6.07) is 11.0. The summed E-state index contributed by atoms with van der Waals surface area (Å²) in [5.74, 6) is 0.562. The molecule has 114 valence electrons. The minimum absolute atomic E-state index is 0.263. The van der Waals surface area contributed by atoms with Crippen molar-refractivity contribution in [3.05, 3.63) is 59.4 Å². The molecule has 2 rings (SSSR count). The molecule has 0 aliphatic heterocycles. The molecule has 0 aliphatic carbocycles. The zero-order chi connectivity index (χ0) is 15.8. The van der Waals surface area contributed by atoms with Crippen molar-refractivity contribution >= 4 is 29.3 Å². The van der Waals surface area contributed by atoms with Gasteiger partial charge < -0.3 is 10.1 Å². The molecule has 0 bridgehead atoms. The lowest BCUT2D eigenvalue weighted by Gasteiger charge is -2.04. The van der Waals surface area contributed by atoms with Crippen LogP contribution in [0, 0.1) is 0 Å². The Labute approximate surface area is 134 Å². The molecule has 0 radical (unpaired) electrons. The first kappa shape index (κ1) is 16.0. The molecule has 1 aromatic carbocycles. The number of pyridine rings is 1. The average Bonchev–Trinajstić information content (AvgIpc) is 2.54. The molecular formula is C17H17ClN2O2. The number of carbonyl (C=O) groups excluding carboxylic acids is 1. The van der Waals surface area contributed by atoms with Gasteiger partial charge in [0.1, 0.15) is 5.75 Å². The third-order valence-electron chi connectivity index (χ3n) is 2.80. The van der Waals surface area contributed by atoms with E-state index in [4.69, 9.17) is 16.3 Å². The number of ether oxygens (including phenoxy) is 1. The van der Waals surface area contributed by atoms with Gasteiger partial charge in [0.05, 0.1) is 12.3 Å². The zero-order valence-electron chi connectivity index (χ0n) is 12.3. The van der Waals surface area contributed by atoms with E-state index < -0.39 is 0 Å². The summed E-state index contributed by atoms with van der Waals surface area (Å²) >= 11 is 5.88. The Kier molecular flexibility index (Phi) is 5.98. The molecule has 0 aliphatic rings. The summed E-state index contributed by atoms with van der Waals surface area (Å²) < 4.78 is 5.50. The Morgan fingerprint density at radius 2 is 2.09 bits per heavy atom. The van der Waals surface area contributed by atoms with Crippen LogP contribution in [0.1, 0.15) is 18.9 Å². The number of halogens is 1. The van der Waals surface area contributed by atoms with E-state index in [2.05, 4.69) is 17.2 Å².